The first-order valence-corrected chi connectivity index (χ1v) is 5.50. The van der Waals surface area contributed by atoms with Crippen LogP contribution in [0.5, 0.6) is 0 Å². The Morgan fingerprint density at radius 3 is 2.19 bits per heavy atom. The second kappa shape index (κ2) is 4.09. The highest BCUT2D eigenvalue weighted by atomic mass is 14.7. The Kier molecular flexibility index (Phi) is 2.78. The van der Waals surface area contributed by atoms with Gasteiger partial charge in [0, 0.05) is 17.8 Å². The number of hydrogen-bond acceptors (Lipinski definition) is 1. The molecule has 2 rings (SSSR count). The van der Waals surface area contributed by atoms with Gasteiger partial charge >= 0.3 is 0 Å². The normalized spacial score (nSPS) is 11.4. The number of rotatable bonds is 1. The summed E-state index contributed by atoms with van der Waals surface area (Å²) in [6.07, 6.45) is 1.70. The predicted molar refractivity (Wildman–Crippen MR) is 67.2 cm³/mol. The van der Waals surface area contributed by atoms with Crippen LogP contribution in [0.3, 0.4) is 0 Å². The molecule has 0 aliphatic heterocycles. The first-order chi connectivity index (χ1) is 7.57. The average Bonchev–Trinajstić information content (AvgIpc) is 2.29. The first kappa shape index (κ1) is 10.9. The summed E-state index contributed by atoms with van der Waals surface area (Å²) in [5.41, 5.74) is 3.70. The minimum absolute atomic E-state index is 0.205. The van der Waals surface area contributed by atoms with E-state index in [1.807, 2.05) is 12.1 Å². The van der Waals surface area contributed by atoms with E-state index < -0.39 is 0 Å². The van der Waals surface area contributed by atoms with Gasteiger partial charge in [-0.3, -0.25) is 4.98 Å². The number of hydrogen-bond donors (Lipinski definition) is 0. The molecule has 0 aliphatic rings. The van der Waals surface area contributed by atoms with Gasteiger partial charge in [-0.2, -0.15) is 0 Å². The molecule has 0 aliphatic carbocycles. The molecule has 0 unspecified atom stereocenters. The third kappa shape index (κ3) is 2.30. The van der Waals surface area contributed by atoms with Crippen molar-refractivity contribution in [2.24, 2.45) is 0 Å². The molecule has 0 bridgehead atoms. The number of aromatic nitrogens is 1. The summed E-state index contributed by atoms with van der Waals surface area (Å²) in [4.78, 5) is 4.29. The van der Waals surface area contributed by atoms with Crippen LogP contribution in [0.4, 0.5) is 0 Å². The van der Waals surface area contributed by atoms with Gasteiger partial charge in [0.1, 0.15) is 0 Å². The summed E-state index contributed by atoms with van der Waals surface area (Å²) in [5.74, 6) is 0. The maximum Gasteiger partial charge on any atom is 0.0702 e. The van der Waals surface area contributed by atoms with Gasteiger partial charge in [0.2, 0.25) is 0 Å². The molecule has 1 nitrogen and oxygen atoms in total. The lowest BCUT2D eigenvalue weighted by molar-refractivity contribution is 0.590. The summed E-state index contributed by atoms with van der Waals surface area (Å²) >= 11 is 0. The van der Waals surface area contributed by atoms with Crippen LogP contribution in [0, 0.1) is 6.07 Å². The van der Waals surface area contributed by atoms with Crippen LogP contribution in [0.1, 0.15) is 26.3 Å². The van der Waals surface area contributed by atoms with Crippen molar-refractivity contribution in [2.45, 2.75) is 26.2 Å². The van der Waals surface area contributed by atoms with Crippen LogP contribution in [-0.2, 0) is 5.41 Å². The molecule has 0 saturated heterocycles. The first-order valence-electron chi connectivity index (χ1n) is 5.50. The lowest BCUT2D eigenvalue weighted by atomic mass is 9.86. The van der Waals surface area contributed by atoms with Crippen LogP contribution in [-0.4, -0.2) is 4.98 Å². The summed E-state index contributed by atoms with van der Waals surface area (Å²) in [6, 6.07) is 15.4. The molecule has 1 heterocycles. The van der Waals surface area contributed by atoms with Crippen molar-refractivity contribution in [2.75, 3.05) is 0 Å². The van der Waals surface area contributed by atoms with Crippen LogP contribution in [0.15, 0.2) is 42.6 Å². The Morgan fingerprint density at radius 2 is 1.69 bits per heavy atom. The monoisotopic (exact) mass is 210 g/mol. The molecule has 1 radical (unpaired) electrons. The molecule has 16 heavy (non-hydrogen) atoms. The second-order valence-corrected chi connectivity index (χ2v) is 4.97. The minimum atomic E-state index is 0.205. The van der Waals surface area contributed by atoms with Gasteiger partial charge in [-0.15, -0.1) is 0 Å². The standard InChI is InChI=1S/C15H16N/c1-15(2,3)13-9-7-12(8-10-13)14-6-4-5-11-16-14/h4,6-11H,1-3H3. The van der Waals surface area contributed by atoms with Crippen molar-refractivity contribution in [3.05, 3.63) is 54.2 Å². The Bertz CT molecular complexity index is 449. The van der Waals surface area contributed by atoms with Gasteiger partial charge in [0.05, 0.1) is 5.69 Å². The summed E-state index contributed by atoms with van der Waals surface area (Å²) in [5, 5.41) is 0. The van der Waals surface area contributed by atoms with Crippen LogP contribution in [0.2, 0.25) is 0 Å². The SMILES string of the molecule is CC(C)(C)c1ccc(-c2cc[c]cn2)cc1. The van der Waals surface area contributed by atoms with Crippen molar-refractivity contribution in [3.8, 4) is 11.3 Å². The van der Waals surface area contributed by atoms with Crippen LogP contribution < -0.4 is 0 Å². The Morgan fingerprint density at radius 1 is 1.00 bits per heavy atom. The highest BCUT2D eigenvalue weighted by Crippen LogP contribution is 2.24. The van der Waals surface area contributed by atoms with Gasteiger partial charge in [0.25, 0.3) is 0 Å². The molecule has 1 aromatic carbocycles. The van der Waals surface area contributed by atoms with E-state index in [1.54, 1.807) is 6.20 Å². The van der Waals surface area contributed by atoms with Crippen molar-refractivity contribution < 1.29 is 0 Å². The molecular formula is C15H16N. The van der Waals surface area contributed by atoms with E-state index in [9.17, 15) is 0 Å². The summed E-state index contributed by atoms with van der Waals surface area (Å²) < 4.78 is 0. The fourth-order valence-corrected chi connectivity index (χ4v) is 1.63. The zero-order valence-corrected chi connectivity index (χ0v) is 9.99. The zero-order chi connectivity index (χ0) is 11.6. The molecule has 0 fully saturated rings. The molecule has 2 aromatic rings. The van der Waals surface area contributed by atoms with Gasteiger partial charge < -0.3 is 0 Å². The molecule has 1 aromatic heterocycles. The number of benzene rings is 1. The number of pyridine rings is 1. The van der Waals surface area contributed by atoms with Gasteiger partial charge in [-0.05, 0) is 17.0 Å². The van der Waals surface area contributed by atoms with Crippen LogP contribution in [0.25, 0.3) is 11.3 Å². The third-order valence-corrected chi connectivity index (χ3v) is 2.66. The third-order valence-electron chi connectivity index (χ3n) is 2.66. The minimum Gasteiger partial charge on any atom is -0.256 e. The topological polar surface area (TPSA) is 12.9 Å². The molecular weight excluding hydrogens is 194 g/mol. The Balaban J connectivity index is 2.34. The average molecular weight is 210 g/mol. The molecule has 81 valence electrons. The van der Waals surface area contributed by atoms with Crippen molar-refractivity contribution in [1.82, 2.24) is 4.98 Å². The predicted octanol–water partition coefficient (Wildman–Crippen LogP) is 3.85. The van der Waals surface area contributed by atoms with E-state index in [2.05, 4.69) is 56.1 Å². The van der Waals surface area contributed by atoms with Crippen molar-refractivity contribution >= 4 is 0 Å². The highest BCUT2D eigenvalue weighted by molar-refractivity contribution is 5.59. The maximum atomic E-state index is 4.29. The van der Waals surface area contributed by atoms with Gasteiger partial charge in [0.15, 0.2) is 0 Å². The highest BCUT2D eigenvalue weighted by Gasteiger charge is 2.12. The number of nitrogens with zero attached hydrogens (tertiary/aromatic N) is 1. The molecule has 0 saturated carbocycles. The van der Waals surface area contributed by atoms with E-state index in [4.69, 9.17) is 0 Å². The van der Waals surface area contributed by atoms with E-state index in [-0.39, 0.29) is 5.41 Å². The van der Waals surface area contributed by atoms with Crippen LogP contribution >= 0.6 is 0 Å². The molecule has 1 heteroatoms. The van der Waals surface area contributed by atoms with E-state index in [0.29, 0.717) is 0 Å². The second-order valence-electron chi connectivity index (χ2n) is 4.97. The smallest absolute Gasteiger partial charge is 0.0702 e. The van der Waals surface area contributed by atoms with E-state index in [0.717, 1.165) is 11.3 Å². The van der Waals surface area contributed by atoms with E-state index >= 15 is 0 Å². The van der Waals surface area contributed by atoms with Gasteiger partial charge in [-0.1, -0.05) is 51.1 Å². The lowest BCUT2D eigenvalue weighted by Crippen LogP contribution is -2.10. The fourth-order valence-electron chi connectivity index (χ4n) is 1.63. The molecule has 0 amide bonds. The van der Waals surface area contributed by atoms with E-state index in [1.165, 1.54) is 5.56 Å². The lowest BCUT2D eigenvalue weighted by Gasteiger charge is -2.19. The molecule has 0 atom stereocenters. The summed E-state index contributed by atoms with van der Waals surface area (Å²) in [6.45, 7) is 6.66. The Labute approximate surface area is 97.2 Å². The zero-order valence-electron chi connectivity index (χ0n) is 9.99. The Hall–Kier alpha value is -1.63. The van der Waals surface area contributed by atoms with Crippen molar-refractivity contribution in [3.63, 3.8) is 0 Å². The van der Waals surface area contributed by atoms with Gasteiger partial charge in [-0.25, -0.2) is 0 Å². The summed E-state index contributed by atoms with van der Waals surface area (Å²) in [7, 11) is 0. The van der Waals surface area contributed by atoms with Crippen molar-refractivity contribution in [1.29, 1.82) is 0 Å². The fraction of sp³-hybridized carbons (Fsp3) is 0.267. The largest absolute Gasteiger partial charge is 0.256 e. The molecule has 0 spiro atoms. The quantitative estimate of drug-likeness (QED) is 0.696. The maximum absolute atomic E-state index is 4.29. The molecule has 0 N–H and O–H groups in total.